The van der Waals surface area contributed by atoms with Gasteiger partial charge in [0.05, 0.1) is 17.7 Å². The molecule has 2 heterocycles. The molecule has 1 aromatic heterocycles. The first-order valence-electron chi connectivity index (χ1n) is 9.89. The van der Waals surface area contributed by atoms with Crippen LogP contribution in [-0.4, -0.2) is 36.2 Å². The van der Waals surface area contributed by atoms with E-state index in [1.165, 1.54) is 0 Å². The summed E-state index contributed by atoms with van der Waals surface area (Å²) in [6, 6.07) is 13.2. The molecule has 3 rings (SSSR count). The highest BCUT2D eigenvalue weighted by atomic mass is 32.2. The van der Waals surface area contributed by atoms with E-state index in [0.717, 1.165) is 11.8 Å². The molecular formula is C22H23FN6OS. The number of primary amides is 1. The molecule has 9 heteroatoms. The van der Waals surface area contributed by atoms with E-state index in [2.05, 4.69) is 17.1 Å². The first kappa shape index (κ1) is 22.5. The van der Waals surface area contributed by atoms with Crippen LogP contribution in [-0.2, 0) is 11.2 Å². The van der Waals surface area contributed by atoms with Crippen molar-refractivity contribution in [2.24, 2.45) is 11.5 Å². The smallest absolute Gasteiger partial charge is 0.235 e. The number of alkyl halides is 1. The lowest BCUT2D eigenvalue weighted by molar-refractivity contribution is -0.117. The summed E-state index contributed by atoms with van der Waals surface area (Å²) in [7, 11) is 0. The van der Waals surface area contributed by atoms with Crippen LogP contribution in [0.15, 0.2) is 35.4 Å². The first-order valence-corrected chi connectivity index (χ1v) is 10.8. The molecule has 31 heavy (non-hydrogen) atoms. The SMILES string of the molecule is CCc1c(C#N)c(SC(C(N)=O)c2ccccc2)nc(N2CC[C@](F)(CN)C2)c1C#N. The number of nitriles is 2. The summed E-state index contributed by atoms with van der Waals surface area (Å²) < 4.78 is 14.8. The Balaban J connectivity index is 2.13. The fraction of sp³-hybridized carbons (Fsp3) is 0.364. The summed E-state index contributed by atoms with van der Waals surface area (Å²) in [5.41, 5.74) is 11.4. The molecule has 1 fully saturated rings. The largest absolute Gasteiger partial charge is 0.368 e. The molecule has 0 bridgehead atoms. The molecular weight excluding hydrogens is 415 g/mol. The Morgan fingerprint density at radius 3 is 2.52 bits per heavy atom. The monoisotopic (exact) mass is 438 g/mol. The Morgan fingerprint density at radius 1 is 1.32 bits per heavy atom. The number of nitrogens with two attached hydrogens (primary N) is 2. The summed E-state index contributed by atoms with van der Waals surface area (Å²) in [6.45, 7) is 2.08. The van der Waals surface area contributed by atoms with E-state index in [-0.39, 0.29) is 30.6 Å². The lowest BCUT2D eigenvalue weighted by Crippen LogP contribution is -2.36. The predicted molar refractivity (Wildman–Crippen MR) is 117 cm³/mol. The average Bonchev–Trinajstić information content (AvgIpc) is 3.19. The number of aromatic nitrogens is 1. The Hall–Kier alpha value is -3.14. The summed E-state index contributed by atoms with van der Waals surface area (Å²) >= 11 is 1.07. The molecule has 160 valence electrons. The molecule has 1 saturated heterocycles. The third kappa shape index (κ3) is 4.48. The maximum atomic E-state index is 14.8. The first-order chi connectivity index (χ1) is 14.9. The second kappa shape index (κ2) is 9.34. The zero-order valence-electron chi connectivity index (χ0n) is 17.1. The van der Waals surface area contributed by atoms with Gasteiger partial charge in [0, 0.05) is 19.5 Å². The molecule has 1 aromatic carbocycles. The minimum atomic E-state index is -1.55. The summed E-state index contributed by atoms with van der Waals surface area (Å²) in [6.07, 6.45) is 0.640. The molecule has 1 aliphatic rings. The van der Waals surface area contributed by atoms with Crippen LogP contribution >= 0.6 is 11.8 Å². The maximum Gasteiger partial charge on any atom is 0.235 e. The summed E-state index contributed by atoms with van der Waals surface area (Å²) in [5.74, 6) is -0.261. The highest BCUT2D eigenvalue weighted by Gasteiger charge is 2.39. The van der Waals surface area contributed by atoms with Gasteiger partial charge in [0.1, 0.15) is 33.9 Å². The second-order valence-corrected chi connectivity index (χ2v) is 8.48. The molecule has 1 unspecified atom stereocenters. The fourth-order valence-electron chi connectivity index (χ4n) is 3.71. The third-order valence-electron chi connectivity index (χ3n) is 5.39. The molecule has 1 aliphatic heterocycles. The number of pyridine rings is 1. The van der Waals surface area contributed by atoms with E-state index in [4.69, 9.17) is 11.5 Å². The normalized spacial score (nSPS) is 18.9. The molecule has 0 aliphatic carbocycles. The van der Waals surface area contributed by atoms with Crippen LogP contribution in [0.2, 0.25) is 0 Å². The van der Waals surface area contributed by atoms with Crippen molar-refractivity contribution in [2.75, 3.05) is 24.5 Å². The van der Waals surface area contributed by atoms with Crippen LogP contribution in [0.3, 0.4) is 0 Å². The molecule has 0 radical (unpaired) electrons. The fourth-order valence-corrected chi connectivity index (χ4v) is 4.77. The van der Waals surface area contributed by atoms with Gasteiger partial charge in [0.15, 0.2) is 0 Å². The van der Waals surface area contributed by atoms with Gasteiger partial charge in [-0.2, -0.15) is 10.5 Å². The number of carbonyl (C=O) groups excluding carboxylic acids is 1. The highest BCUT2D eigenvalue weighted by Crippen LogP contribution is 2.40. The van der Waals surface area contributed by atoms with Crippen molar-refractivity contribution < 1.29 is 9.18 Å². The van der Waals surface area contributed by atoms with Crippen LogP contribution in [0.4, 0.5) is 10.2 Å². The Morgan fingerprint density at radius 2 is 2.00 bits per heavy atom. The lowest BCUT2D eigenvalue weighted by atomic mass is 10.0. The minimum Gasteiger partial charge on any atom is -0.368 e. The van der Waals surface area contributed by atoms with Gasteiger partial charge in [-0.15, -0.1) is 0 Å². The van der Waals surface area contributed by atoms with Crippen LogP contribution in [0.25, 0.3) is 0 Å². The number of nitrogens with zero attached hydrogens (tertiary/aromatic N) is 4. The third-order valence-corrected chi connectivity index (χ3v) is 6.64. The van der Waals surface area contributed by atoms with Crippen LogP contribution in [0.5, 0.6) is 0 Å². The van der Waals surface area contributed by atoms with Crippen molar-refractivity contribution in [3.05, 3.63) is 52.6 Å². The standard InChI is InChI=1S/C22H23FN6OS/c1-2-15-16(10-24)20(29-9-8-22(23,12-26)13-29)28-21(17(15)11-25)31-18(19(27)30)14-6-4-3-5-7-14/h3-7,18H,2,8-9,12-13,26H2,1H3,(H2,27,30)/t18?,22-/m0/s1. The van der Waals surface area contributed by atoms with Gasteiger partial charge in [-0.3, -0.25) is 4.79 Å². The van der Waals surface area contributed by atoms with Crippen LogP contribution in [0, 0.1) is 22.7 Å². The molecule has 1 amide bonds. The van der Waals surface area contributed by atoms with Gasteiger partial charge in [0.25, 0.3) is 0 Å². The molecule has 0 spiro atoms. The maximum absolute atomic E-state index is 14.8. The van der Waals surface area contributed by atoms with Crippen molar-refractivity contribution in [3.8, 4) is 12.1 Å². The van der Waals surface area contributed by atoms with Crippen LogP contribution < -0.4 is 16.4 Å². The van der Waals surface area contributed by atoms with Gasteiger partial charge >= 0.3 is 0 Å². The number of carbonyl (C=O) groups is 1. The number of amides is 1. The number of hydrogen-bond acceptors (Lipinski definition) is 7. The minimum absolute atomic E-state index is 0.0161. The Bertz CT molecular complexity index is 1060. The molecule has 0 saturated carbocycles. The number of anilines is 1. The number of rotatable bonds is 7. The van der Waals surface area contributed by atoms with Gasteiger partial charge in [-0.05, 0) is 17.5 Å². The lowest BCUT2D eigenvalue weighted by Gasteiger charge is -2.24. The molecule has 2 atom stereocenters. The molecule has 2 aromatic rings. The van der Waals surface area contributed by atoms with Gasteiger partial charge in [0.2, 0.25) is 5.91 Å². The van der Waals surface area contributed by atoms with Crippen molar-refractivity contribution in [2.45, 2.75) is 35.7 Å². The van der Waals surface area contributed by atoms with Crippen molar-refractivity contribution in [3.63, 3.8) is 0 Å². The average molecular weight is 439 g/mol. The Kier molecular flexibility index (Phi) is 6.79. The van der Waals surface area contributed by atoms with E-state index in [1.807, 2.05) is 13.0 Å². The number of benzene rings is 1. The molecule has 4 N–H and O–H groups in total. The van der Waals surface area contributed by atoms with Gasteiger partial charge < -0.3 is 16.4 Å². The predicted octanol–water partition coefficient (Wildman–Crippen LogP) is 2.58. The van der Waals surface area contributed by atoms with Gasteiger partial charge in [-0.1, -0.05) is 49.0 Å². The number of halogens is 1. The topological polar surface area (TPSA) is 133 Å². The van der Waals surface area contributed by atoms with E-state index in [0.29, 0.717) is 34.9 Å². The quantitative estimate of drug-likeness (QED) is 0.635. The second-order valence-electron chi connectivity index (χ2n) is 7.38. The highest BCUT2D eigenvalue weighted by molar-refractivity contribution is 8.00. The zero-order chi connectivity index (χ0) is 22.6. The molecule has 7 nitrogen and oxygen atoms in total. The Labute approximate surface area is 184 Å². The van der Waals surface area contributed by atoms with Gasteiger partial charge in [-0.25, -0.2) is 9.37 Å². The van der Waals surface area contributed by atoms with Crippen LogP contribution in [0.1, 0.15) is 40.8 Å². The number of hydrogen-bond donors (Lipinski definition) is 2. The van der Waals surface area contributed by atoms with E-state index >= 15 is 0 Å². The summed E-state index contributed by atoms with van der Waals surface area (Å²) in [4.78, 5) is 18.5. The summed E-state index contributed by atoms with van der Waals surface area (Å²) in [5, 5.41) is 19.2. The van der Waals surface area contributed by atoms with E-state index < -0.39 is 16.8 Å². The number of thioether (sulfide) groups is 1. The van der Waals surface area contributed by atoms with Crippen molar-refractivity contribution in [1.29, 1.82) is 10.5 Å². The van der Waals surface area contributed by atoms with E-state index in [1.54, 1.807) is 29.2 Å². The van der Waals surface area contributed by atoms with Crippen molar-refractivity contribution in [1.82, 2.24) is 4.98 Å². The zero-order valence-corrected chi connectivity index (χ0v) is 18.0. The van der Waals surface area contributed by atoms with Crippen molar-refractivity contribution >= 4 is 23.5 Å². The van der Waals surface area contributed by atoms with E-state index in [9.17, 15) is 19.7 Å².